The fourth-order valence-corrected chi connectivity index (χ4v) is 4.59. The number of rotatable bonds is 3. The van der Waals surface area contributed by atoms with Gasteiger partial charge in [-0.3, -0.25) is 24.1 Å². The van der Waals surface area contributed by atoms with Crippen LogP contribution in [0.5, 0.6) is 0 Å². The molecule has 28 heavy (non-hydrogen) atoms. The van der Waals surface area contributed by atoms with E-state index in [1.54, 1.807) is 0 Å². The minimum Gasteiger partial charge on any atom is -0.393 e. The summed E-state index contributed by atoms with van der Waals surface area (Å²) in [6, 6.07) is 7.20. The monoisotopic (exact) mass is 382 g/mol. The molecule has 1 spiro atoms. The summed E-state index contributed by atoms with van der Waals surface area (Å²) in [7, 11) is 0. The van der Waals surface area contributed by atoms with Crippen LogP contribution in [0, 0.1) is 6.57 Å². The van der Waals surface area contributed by atoms with Gasteiger partial charge in [0.1, 0.15) is 11.8 Å². The van der Waals surface area contributed by atoms with Gasteiger partial charge in [-0.2, -0.15) is 0 Å². The molecule has 0 aromatic heterocycles. The van der Waals surface area contributed by atoms with Crippen molar-refractivity contribution in [1.82, 2.24) is 10.2 Å². The van der Waals surface area contributed by atoms with Crippen LogP contribution in [0.3, 0.4) is 0 Å². The van der Waals surface area contributed by atoms with E-state index >= 15 is 0 Å². The van der Waals surface area contributed by atoms with Crippen LogP contribution in [-0.2, 0) is 19.8 Å². The molecule has 2 heterocycles. The van der Waals surface area contributed by atoms with Crippen molar-refractivity contribution in [3.63, 3.8) is 0 Å². The maximum atomic E-state index is 12.8. The zero-order valence-corrected chi connectivity index (χ0v) is 15.4. The van der Waals surface area contributed by atoms with E-state index in [1.807, 2.05) is 24.3 Å². The Hall–Kier alpha value is -2.92. The molecule has 1 aromatic rings. The van der Waals surface area contributed by atoms with Crippen LogP contribution in [0.1, 0.15) is 37.7 Å². The first-order valence-corrected chi connectivity index (χ1v) is 9.47. The van der Waals surface area contributed by atoms with Gasteiger partial charge in [-0.15, -0.1) is 0 Å². The average Bonchev–Trinajstić information content (AvgIpc) is 3.33. The number of likely N-dealkylation sites (tertiary alicyclic amines) is 1. The van der Waals surface area contributed by atoms with Crippen LogP contribution >= 0.6 is 0 Å². The van der Waals surface area contributed by atoms with E-state index in [0.717, 1.165) is 5.56 Å². The van der Waals surface area contributed by atoms with E-state index in [2.05, 4.69) is 15.5 Å². The van der Waals surface area contributed by atoms with Gasteiger partial charge in [-0.05, 0) is 30.9 Å². The lowest BCUT2D eigenvalue weighted by molar-refractivity contribution is -0.136. The fourth-order valence-electron chi connectivity index (χ4n) is 4.59. The summed E-state index contributed by atoms with van der Waals surface area (Å²) in [5.74, 6) is -1.07. The van der Waals surface area contributed by atoms with E-state index in [9.17, 15) is 19.5 Å². The van der Waals surface area contributed by atoms with Crippen molar-refractivity contribution in [2.24, 2.45) is 0 Å². The van der Waals surface area contributed by atoms with Gasteiger partial charge in [0.25, 0.3) is 0 Å². The van der Waals surface area contributed by atoms with Crippen LogP contribution in [0.2, 0.25) is 0 Å². The maximum absolute atomic E-state index is 12.8. The third kappa shape index (κ3) is 3.02. The Bertz CT molecular complexity index is 879. The normalized spacial score (nSPS) is 30.8. The van der Waals surface area contributed by atoms with Crippen molar-refractivity contribution in [3.8, 4) is 0 Å². The van der Waals surface area contributed by atoms with Crippen molar-refractivity contribution in [1.29, 1.82) is 0 Å². The summed E-state index contributed by atoms with van der Waals surface area (Å²) in [5, 5.41) is 15.2. The average molecular weight is 382 g/mol. The van der Waals surface area contributed by atoms with E-state index < -0.39 is 29.5 Å². The van der Waals surface area contributed by atoms with Crippen LogP contribution in [0.4, 0.5) is 5.69 Å². The SMILES string of the molecule is [C-]#[N+][C@@H]1C[C@@]2(CN1C(=O)CC(=O)N[C@H]1CC[C@H](O)C1)C(=O)Nc1ccccc12. The molecular formula is C20H22N4O4. The highest BCUT2D eigenvalue weighted by molar-refractivity contribution is 6.07. The van der Waals surface area contributed by atoms with Gasteiger partial charge in [0.2, 0.25) is 17.7 Å². The molecular weight excluding hydrogens is 360 g/mol. The lowest BCUT2D eigenvalue weighted by Gasteiger charge is -2.21. The molecule has 0 radical (unpaired) electrons. The number of nitrogens with one attached hydrogen (secondary N) is 2. The molecule has 3 aliphatic rings. The number of anilines is 1. The van der Waals surface area contributed by atoms with Crippen molar-refractivity contribution in [2.45, 2.75) is 55.8 Å². The zero-order chi connectivity index (χ0) is 19.9. The number of aliphatic hydroxyl groups is 1. The van der Waals surface area contributed by atoms with Crippen LogP contribution in [0.15, 0.2) is 24.3 Å². The Kier molecular flexibility index (Phi) is 4.55. The van der Waals surface area contributed by atoms with E-state index in [4.69, 9.17) is 6.57 Å². The van der Waals surface area contributed by atoms with Gasteiger partial charge >= 0.3 is 6.17 Å². The number of carbonyl (C=O) groups excluding carboxylic acids is 3. The van der Waals surface area contributed by atoms with Crippen LogP contribution in [0.25, 0.3) is 4.85 Å². The number of para-hydroxylation sites is 1. The molecule has 0 unspecified atom stereocenters. The van der Waals surface area contributed by atoms with Gasteiger partial charge in [0, 0.05) is 18.3 Å². The van der Waals surface area contributed by atoms with Gasteiger partial charge in [-0.1, -0.05) is 18.2 Å². The lowest BCUT2D eigenvalue weighted by Crippen LogP contribution is -2.42. The van der Waals surface area contributed by atoms with E-state index in [0.29, 0.717) is 24.9 Å². The highest BCUT2D eigenvalue weighted by Gasteiger charge is 2.58. The summed E-state index contributed by atoms with van der Waals surface area (Å²) in [6.45, 7) is 7.57. The molecule has 8 nitrogen and oxygen atoms in total. The smallest absolute Gasteiger partial charge is 0.302 e. The molecule has 1 saturated carbocycles. The number of fused-ring (bicyclic) bond motifs is 2. The molecule has 2 fully saturated rings. The predicted octanol–water partition coefficient (Wildman–Crippen LogP) is 0.774. The second-order valence-corrected chi connectivity index (χ2v) is 7.83. The fraction of sp³-hybridized carbons (Fsp3) is 0.500. The number of nitrogens with zero attached hydrogens (tertiary/aromatic N) is 2. The molecule has 1 saturated heterocycles. The molecule has 4 atom stereocenters. The zero-order valence-electron chi connectivity index (χ0n) is 15.4. The standard InChI is InChI=1S/C20H22N4O4/c1-21-16-10-20(14-4-2-3-5-15(14)23-19(20)28)11-24(16)18(27)9-17(26)22-12-6-7-13(25)8-12/h2-5,12-13,16,25H,6-11H2,(H,22,26)(H,23,28)/t12-,13-,16-,20-/m0/s1. The highest BCUT2D eigenvalue weighted by Crippen LogP contribution is 2.46. The molecule has 2 aliphatic heterocycles. The molecule has 4 rings (SSSR count). The molecule has 3 amide bonds. The molecule has 1 aliphatic carbocycles. The Labute approximate surface area is 162 Å². The van der Waals surface area contributed by atoms with Gasteiger partial charge < -0.3 is 15.7 Å². The Morgan fingerprint density at radius 1 is 1.36 bits per heavy atom. The van der Waals surface area contributed by atoms with Gasteiger partial charge in [0.05, 0.1) is 12.5 Å². The third-order valence-electron chi connectivity index (χ3n) is 6.01. The molecule has 8 heteroatoms. The van der Waals surface area contributed by atoms with Gasteiger partial charge in [-0.25, -0.2) is 6.57 Å². The second kappa shape index (κ2) is 6.91. The molecule has 0 bridgehead atoms. The first-order chi connectivity index (χ1) is 13.4. The number of hydrogen-bond acceptors (Lipinski definition) is 4. The van der Waals surface area contributed by atoms with Crippen LogP contribution in [-0.4, -0.2) is 52.6 Å². The minimum atomic E-state index is -0.937. The molecule has 3 N–H and O–H groups in total. The highest BCUT2D eigenvalue weighted by atomic mass is 16.3. The van der Waals surface area contributed by atoms with Crippen molar-refractivity contribution < 1.29 is 19.5 Å². The maximum Gasteiger partial charge on any atom is 0.302 e. The summed E-state index contributed by atoms with van der Waals surface area (Å²) < 4.78 is 0. The van der Waals surface area contributed by atoms with E-state index in [-0.39, 0.29) is 31.3 Å². The quantitative estimate of drug-likeness (QED) is 0.531. The first-order valence-electron chi connectivity index (χ1n) is 9.47. The largest absolute Gasteiger partial charge is 0.393 e. The molecule has 1 aromatic carbocycles. The molecule has 146 valence electrons. The van der Waals surface area contributed by atoms with Crippen molar-refractivity contribution in [2.75, 3.05) is 11.9 Å². The topological polar surface area (TPSA) is 103 Å². The number of benzene rings is 1. The minimum absolute atomic E-state index is 0.0944. The summed E-state index contributed by atoms with van der Waals surface area (Å²) >= 11 is 0. The Balaban J connectivity index is 1.48. The number of aliphatic hydroxyl groups excluding tert-OH is 1. The van der Waals surface area contributed by atoms with Gasteiger partial charge in [0.15, 0.2) is 0 Å². The third-order valence-corrected chi connectivity index (χ3v) is 6.01. The summed E-state index contributed by atoms with van der Waals surface area (Å²) in [5.41, 5.74) is 0.574. The predicted molar refractivity (Wildman–Crippen MR) is 99.9 cm³/mol. The van der Waals surface area contributed by atoms with Crippen molar-refractivity contribution in [3.05, 3.63) is 41.2 Å². The van der Waals surface area contributed by atoms with Crippen LogP contribution < -0.4 is 10.6 Å². The summed E-state index contributed by atoms with van der Waals surface area (Å²) in [4.78, 5) is 42.6. The van der Waals surface area contributed by atoms with Crippen molar-refractivity contribution >= 4 is 23.4 Å². The number of hydrogen-bond donors (Lipinski definition) is 3. The first kappa shape index (κ1) is 18.4. The number of carbonyl (C=O) groups is 3. The summed E-state index contributed by atoms with van der Waals surface area (Å²) in [6.07, 6.45) is 0.503. The Morgan fingerprint density at radius 2 is 2.14 bits per heavy atom. The number of amides is 3. The Morgan fingerprint density at radius 3 is 2.86 bits per heavy atom. The second-order valence-electron chi connectivity index (χ2n) is 7.83. The lowest BCUT2D eigenvalue weighted by atomic mass is 9.80. The van der Waals surface area contributed by atoms with E-state index in [1.165, 1.54) is 4.90 Å².